The first-order chi connectivity index (χ1) is 12.5. The summed E-state index contributed by atoms with van der Waals surface area (Å²) in [6, 6.07) is 12.3. The Labute approximate surface area is 153 Å². The van der Waals surface area contributed by atoms with Gasteiger partial charge in [-0.05, 0) is 42.5 Å². The van der Waals surface area contributed by atoms with Gasteiger partial charge in [0.1, 0.15) is 5.82 Å². The molecule has 2 aromatic rings. The van der Waals surface area contributed by atoms with Crippen LogP contribution in [0, 0.1) is 5.82 Å². The molecule has 0 aliphatic carbocycles. The summed E-state index contributed by atoms with van der Waals surface area (Å²) in [6.07, 6.45) is 1.59. The number of halogens is 1. The molecule has 1 fully saturated rings. The van der Waals surface area contributed by atoms with Gasteiger partial charge in [0.15, 0.2) is 0 Å². The van der Waals surface area contributed by atoms with Crippen molar-refractivity contribution >= 4 is 22.6 Å². The molecule has 1 unspecified atom stereocenters. The normalized spacial score (nSPS) is 15.6. The predicted molar refractivity (Wildman–Crippen MR) is 97.0 cm³/mol. The molecule has 1 aliphatic heterocycles. The van der Waals surface area contributed by atoms with Gasteiger partial charge in [-0.3, -0.25) is 13.8 Å². The lowest BCUT2D eigenvalue weighted by atomic mass is 10.1. The number of nitrogens with zero attached hydrogens (tertiary/aromatic N) is 2. The SMILES string of the molecule is CS(=O)c1ccc(C(=O)N2CCN(C(=O)c3cccc(F)c3)CC2)cc1. The lowest BCUT2D eigenvalue weighted by Crippen LogP contribution is -2.50. The van der Waals surface area contributed by atoms with Gasteiger partial charge in [-0.1, -0.05) is 6.07 Å². The molecule has 1 atom stereocenters. The van der Waals surface area contributed by atoms with E-state index in [9.17, 15) is 18.2 Å². The van der Waals surface area contributed by atoms with E-state index in [1.54, 1.807) is 46.4 Å². The molecule has 26 heavy (non-hydrogen) atoms. The van der Waals surface area contributed by atoms with Crippen LogP contribution < -0.4 is 0 Å². The van der Waals surface area contributed by atoms with Crippen LogP contribution in [0.15, 0.2) is 53.4 Å². The average molecular weight is 374 g/mol. The van der Waals surface area contributed by atoms with E-state index in [4.69, 9.17) is 0 Å². The van der Waals surface area contributed by atoms with Crippen molar-refractivity contribution in [3.05, 3.63) is 65.5 Å². The molecule has 0 saturated carbocycles. The number of amides is 2. The minimum Gasteiger partial charge on any atom is -0.335 e. The number of carbonyl (C=O) groups excluding carboxylic acids is 2. The predicted octanol–water partition coefficient (Wildman–Crippen LogP) is 2.16. The number of benzene rings is 2. The fourth-order valence-corrected chi connectivity index (χ4v) is 3.41. The number of piperazine rings is 1. The van der Waals surface area contributed by atoms with Crippen LogP contribution in [-0.4, -0.2) is 58.3 Å². The summed E-state index contributed by atoms with van der Waals surface area (Å²) in [5.74, 6) is -0.788. The summed E-state index contributed by atoms with van der Waals surface area (Å²) < 4.78 is 24.7. The molecule has 2 amide bonds. The Morgan fingerprint density at radius 3 is 1.92 bits per heavy atom. The highest BCUT2D eigenvalue weighted by molar-refractivity contribution is 7.84. The monoisotopic (exact) mass is 374 g/mol. The minimum atomic E-state index is -1.08. The van der Waals surface area contributed by atoms with Gasteiger partial charge in [-0.25, -0.2) is 4.39 Å². The zero-order valence-corrected chi connectivity index (χ0v) is 15.2. The van der Waals surface area contributed by atoms with E-state index < -0.39 is 16.6 Å². The van der Waals surface area contributed by atoms with Crippen molar-refractivity contribution in [1.82, 2.24) is 9.80 Å². The van der Waals surface area contributed by atoms with Gasteiger partial charge in [0.25, 0.3) is 11.8 Å². The Morgan fingerprint density at radius 2 is 1.42 bits per heavy atom. The van der Waals surface area contributed by atoms with Crippen LogP contribution in [0.4, 0.5) is 4.39 Å². The van der Waals surface area contributed by atoms with Crippen LogP contribution >= 0.6 is 0 Å². The van der Waals surface area contributed by atoms with Gasteiger partial charge in [-0.15, -0.1) is 0 Å². The van der Waals surface area contributed by atoms with Crippen molar-refractivity contribution < 1.29 is 18.2 Å². The molecule has 0 radical (unpaired) electrons. The summed E-state index contributed by atoms with van der Waals surface area (Å²) in [4.78, 5) is 29.0. The second-order valence-electron chi connectivity index (χ2n) is 6.07. The fourth-order valence-electron chi connectivity index (χ4n) is 2.89. The number of carbonyl (C=O) groups is 2. The molecule has 1 heterocycles. The first-order valence-corrected chi connectivity index (χ1v) is 9.79. The van der Waals surface area contributed by atoms with E-state index in [-0.39, 0.29) is 11.8 Å². The minimum absolute atomic E-state index is 0.115. The molecule has 0 bridgehead atoms. The number of hydrogen-bond donors (Lipinski definition) is 0. The molecule has 0 aromatic heterocycles. The molecular formula is C19H19FN2O3S. The summed E-state index contributed by atoms with van der Waals surface area (Å²) in [5.41, 5.74) is 0.844. The van der Waals surface area contributed by atoms with Crippen molar-refractivity contribution in [3.8, 4) is 0 Å². The van der Waals surface area contributed by atoms with E-state index in [1.807, 2.05) is 0 Å². The molecule has 0 spiro atoms. The number of hydrogen-bond acceptors (Lipinski definition) is 3. The van der Waals surface area contributed by atoms with Crippen molar-refractivity contribution in [1.29, 1.82) is 0 Å². The Kier molecular flexibility index (Phi) is 5.46. The highest BCUT2D eigenvalue weighted by atomic mass is 32.2. The van der Waals surface area contributed by atoms with Crippen LogP contribution in [0.3, 0.4) is 0 Å². The average Bonchev–Trinajstić information content (AvgIpc) is 2.67. The van der Waals surface area contributed by atoms with E-state index in [1.165, 1.54) is 18.2 Å². The van der Waals surface area contributed by atoms with Crippen molar-refractivity contribution in [2.45, 2.75) is 4.90 Å². The van der Waals surface area contributed by atoms with Gasteiger partial charge >= 0.3 is 0 Å². The summed E-state index contributed by atoms with van der Waals surface area (Å²) in [6.45, 7) is 1.64. The molecule has 1 saturated heterocycles. The third-order valence-corrected chi connectivity index (χ3v) is 5.29. The van der Waals surface area contributed by atoms with Gasteiger partial charge in [0.2, 0.25) is 0 Å². The third kappa shape index (κ3) is 3.99. The standard InChI is InChI=1S/C19H19FN2O3S/c1-26(25)17-7-5-14(6-8-17)18(23)21-9-11-22(12-10-21)19(24)15-3-2-4-16(20)13-15/h2-8,13H,9-12H2,1H3. The maximum atomic E-state index is 13.3. The van der Waals surface area contributed by atoms with E-state index in [0.29, 0.717) is 42.2 Å². The molecule has 136 valence electrons. The molecule has 0 N–H and O–H groups in total. The van der Waals surface area contributed by atoms with Gasteiger partial charge < -0.3 is 9.80 Å². The Bertz CT molecular complexity index is 846. The van der Waals surface area contributed by atoms with Crippen molar-refractivity contribution in [3.63, 3.8) is 0 Å². The molecule has 2 aromatic carbocycles. The summed E-state index contributed by atoms with van der Waals surface area (Å²) >= 11 is 0. The highest BCUT2D eigenvalue weighted by Crippen LogP contribution is 2.14. The lowest BCUT2D eigenvalue weighted by Gasteiger charge is -2.35. The van der Waals surface area contributed by atoms with Crippen LogP contribution in [0.25, 0.3) is 0 Å². The molecule has 7 heteroatoms. The maximum Gasteiger partial charge on any atom is 0.254 e. The summed E-state index contributed by atoms with van der Waals surface area (Å²) in [5, 5.41) is 0. The maximum absolute atomic E-state index is 13.3. The van der Waals surface area contributed by atoms with Gasteiger partial charge in [0.05, 0.1) is 0 Å². The second kappa shape index (κ2) is 7.78. The Morgan fingerprint density at radius 1 is 0.885 bits per heavy atom. The highest BCUT2D eigenvalue weighted by Gasteiger charge is 2.25. The van der Waals surface area contributed by atoms with E-state index >= 15 is 0 Å². The zero-order chi connectivity index (χ0) is 18.7. The lowest BCUT2D eigenvalue weighted by molar-refractivity contribution is 0.0535. The van der Waals surface area contributed by atoms with Crippen LogP contribution in [0.1, 0.15) is 20.7 Å². The number of rotatable bonds is 3. The van der Waals surface area contributed by atoms with Gasteiger partial charge in [-0.2, -0.15) is 0 Å². The molecule has 3 rings (SSSR count). The first-order valence-electron chi connectivity index (χ1n) is 8.23. The fraction of sp³-hybridized carbons (Fsp3) is 0.263. The molecule has 1 aliphatic rings. The summed E-state index contributed by atoms with van der Waals surface area (Å²) in [7, 11) is -1.08. The van der Waals surface area contributed by atoms with Crippen LogP contribution in [0.2, 0.25) is 0 Å². The topological polar surface area (TPSA) is 57.7 Å². The van der Waals surface area contributed by atoms with E-state index in [0.717, 1.165) is 0 Å². The first kappa shape index (κ1) is 18.3. The quantitative estimate of drug-likeness (QED) is 0.827. The van der Waals surface area contributed by atoms with E-state index in [2.05, 4.69) is 0 Å². The third-order valence-electron chi connectivity index (χ3n) is 4.36. The Balaban J connectivity index is 1.61. The van der Waals surface area contributed by atoms with Crippen molar-refractivity contribution in [2.24, 2.45) is 0 Å². The largest absolute Gasteiger partial charge is 0.335 e. The molecule has 5 nitrogen and oxygen atoms in total. The Hall–Kier alpha value is -2.54. The van der Waals surface area contributed by atoms with Crippen LogP contribution in [0.5, 0.6) is 0 Å². The van der Waals surface area contributed by atoms with Crippen molar-refractivity contribution in [2.75, 3.05) is 32.4 Å². The van der Waals surface area contributed by atoms with Gasteiger partial charge in [0, 0.05) is 59.3 Å². The zero-order valence-electron chi connectivity index (χ0n) is 14.4. The smallest absolute Gasteiger partial charge is 0.254 e. The second-order valence-corrected chi connectivity index (χ2v) is 7.45. The molecular weight excluding hydrogens is 355 g/mol. The van der Waals surface area contributed by atoms with Crippen LogP contribution in [-0.2, 0) is 10.8 Å².